The van der Waals surface area contributed by atoms with Crippen LogP contribution >= 0.6 is 15.9 Å². The number of rotatable bonds is 1. The van der Waals surface area contributed by atoms with Gasteiger partial charge in [0.2, 0.25) is 0 Å². The molecule has 1 heteroatoms. The van der Waals surface area contributed by atoms with E-state index in [1.165, 1.54) is 42.1 Å². The highest BCUT2D eigenvalue weighted by Gasteiger charge is 2.23. The lowest BCUT2D eigenvalue weighted by Gasteiger charge is -2.21. The predicted octanol–water partition coefficient (Wildman–Crippen LogP) is 4.85. The van der Waals surface area contributed by atoms with Gasteiger partial charge in [0, 0.05) is 10.4 Å². The summed E-state index contributed by atoms with van der Waals surface area (Å²) in [5.41, 5.74) is 6.17. The summed E-state index contributed by atoms with van der Waals surface area (Å²) in [4.78, 5) is 0. The molecule has 0 amide bonds. The summed E-state index contributed by atoms with van der Waals surface area (Å²) < 4.78 is 1.38. The van der Waals surface area contributed by atoms with Gasteiger partial charge in [-0.15, -0.1) is 0 Å². The lowest BCUT2D eigenvalue weighted by Crippen LogP contribution is -2.06. The molecule has 84 valence electrons. The second-order valence-electron chi connectivity index (χ2n) is 4.91. The number of aryl methyl sites for hydroxylation is 1. The Hall–Kier alpha value is -0.560. The van der Waals surface area contributed by atoms with Crippen LogP contribution in [0.25, 0.3) is 6.08 Å². The molecule has 0 spiro atoms. The smallest absolute Gasteiger partial charge is 0.0285 e. The zero-order valence-electron chi connectivity index (χ0n) is 9.72. The first-order chi connectivity index (χ1) is 7.81. The van der Waals surface area contributed by atoms with Crippen LogP contribution in [0.2, 0.25) is 0 Å². The third-order valence-corrected chi connectivity index (χ3v) is 4.89. The quantitative estimate of drug-likeness (QED) is 0.688. The summed E-state index contributed by atoms with van der Waals surface area (Å²) in [7, 11) is 0. The van der Waals surface area contributed by atoms with Crippen molar-refractivity contribution in [2.75, 3.05) is 0 Å². The summed E-state index contributed by atoms with van der Waals surface area (Å²) in [6.07, 6.45) is 11.1. The van der Waals surface area contributed by atoms with Crippen LogP contribution in [0.4, 0.5) is 0 Å². The molecule has 0 fully saturated rings. The van der Waals surface area contributed by atoms with Crippen LogP contribution in [0.15, 0.2) is 16.6 Å². The number of hydrogen-bond acceptors (Lipinski definition) is 0. The van der Waals surface area contributed by atoms with E-state index >= 15 is 0 Å². The number of hydrogen-bond donors (Lipinski definition) is 0. The number of benzene rings is 1. The summed E-state index contributed by atoms with van der Waals surface area (Å²) in [6.45, 7) is 2.28. The van der Waals surface area contributed by atoms with Crippen molar-refractivity contribution in [3.05, 3.63) is 38.9 Å². The van der Waals surface area contributed by atoms with Gasteiger partial charge in [-0.3, -0.25) is 0 Å². The zero-order chi connectivity index (χ0) is 11.1. The van der Waals surface area contributed by atoms with Crippen LogP contribution in [0, 0.1) is 0 Å². The second kappa shape index (κ2) is 4.03. The van der Waals surface area contributed by atoms with E-state index in [1.54, 1.807) is 16.7 Å². The minimum atomic E-state index is 0.651. The zero-order valence-corrected chi connectivity index (χ0v) is 11.3. The molecular weight excluding hydrogens is 260 g/mol. The maximum Gasteiger partial charge on any atom is 0.0285 e. The molecule has 1 atom stereocenters. The largest absolute Gasteiger partial charge is 0.0764 e. The molecule has 2 aliphatic rings. The van der Waals surface area contributed by atoms with Crippen LogP contribution in [0.5, 0.6) is 0 Å². The van der Waals surface area contributed by atoms with Crippen molar-refractivity contribution in [2.45, 2.75) is 44.9 Å². The van der Waals surface area contributed by atoms with E-state index < -0.39 is 0 Å². The molecule has 1 aromatic carbocycles. The molecule has 0 saturated heterocycles. The number of allylic oxidation sites excluding steroid dienone is 1. The number of halogens is 1. The van der Waals surface area contributed by atoms with Crippen LogP contribution < -0.4 is 0 Å². The SMILES string of the molecule is CCC1C=Cc2c1cc1c(c2Br)CCCC1. The predicted molar refractivity (Wildman–Crippen MR) is 72.9 cm³/mol. The Morgan fingerprint density at radius 2 is 2.12 bits per heavy atom. The van der Waals surface area contributed by atoms with Crippen molar-refractivity contribution in [1.82, 2.24) is 0 Å². The van der Waals surface area contributed by atoms with Crippen molar-refractivity contribution in [2.24, 2.45) is 0 Å². The maximum absolute atomic E-state index is 3.82. The topological polar surface area (TPSA) is 0 Å². The van der Waals surface area contributed by atoms with Crippen LogP contribution in [0.1, 0.15) is 54.4 Å². The second-order valence-corrected chi connectivity index (χ2v) is 5.71. The molecule has 1 unspecified atom stereocenters. The Morgan fingerprint density at radius 3 is 2.94 bits per heavy atom. The molecule has 0 aliphatic heterocycles. The number of fused-ring (bicyclic) bond motifs is 2. The molecule has 3 rings (SSSR count). The highest BCUT2D eigenvalue weighted by molar-refractivity contribution is 9.10. The maximum atomic E-state index is 3.82. The van der Waals surface area contributed by atoms with Crippen LogP contribution in [0.3, 0.4) is 0 Å². The lowest BCUT2D eigenvalue weighted by molar-refractivity contribution is 0.679. The Labute approximate surface area is 106 Å². The fraction of sp³-hybridized carbons (Fsp3) is 0.467. The average molecular weight is 277 g/mol. The van der Waals surface area contributed by atoms with Crippen molar-refractivity contribution in [3.8, 4) is 0 Å². The standard InChI is InChI=1S/C15H17Br/c1-2-10-7-8-13-14(10)9-11-5-3-4-6-12(11)15(13)16/h7-10H,2-6H2,1H3. The molecule has 2 aliphatic carbocycles. The monoisotopic (exact) mass is 276 g/mol. The molecule has 0 bridgehead atoms. The molecule has 0 N–H and O–H groups in total. The molecule has 0 nitrogen and oxygen atoms in total. The Balaban J connectivity index is 2.17. The van der Waals surface area contributed by atoms with E-state index in [0.717, 1.165) is 0 Å². The van der Waals surface area contributed by atoms with E-state index in [2.05, 4.69) is 41.1 Å². The Morgan fingerprint density at radius 1 is 1.31 bits per heavy atom. The van der Waals surface area contributed by atoms with E-state index in [-0.39, 0.29) is 0 Å². The first-order valence-electron chi connectivity index (χ1n) is 6.33. The Kier molecular flexibility index (Phi) is 2.67. The van der Waals surface area contributed by atoms with Gasteiger partial charge in [0.15, 0.2) is 0 Å². The van der Waals surface area contributed by atoms with Gasteiger partial charge < -0.3 is 0 Å². The van der Waals surface area contributed by atoms with Gasteiger partial charge in [-0.25, -0.2) is 0 Å². The van der Waals surface area contributed by atoms with Gasteiger partial charge in [0.05, 0.1) is 0 Å². The van der Waals surface area contributed by atoms with Crippen molar-refractivity contribution in [1.29, 1.82) is 0 Å². The highest BCUT2D eigenvalue weighted by Crippen LogP contribution is 2.41. The fourth-order valence-corrected chi connectivity index (χ4v) is 3.86. The minimum Gasteiger partial charge on any atom is -0.0764 e. The first kappa shape index (κ1) is 10.6. The van der Waals surface area contributed by atoms with E-state index in [1.807, 2.05) is 0 Å². The summed E-state index contributed by atoms with van der Waals surface area (Å²) in [5.74, 6) is 0.651. The summed E-state index contributed by atoms with van der Waals surface area (Å²) in [5, 5.41) is 0. The van der Waals surface area contributed by atoms with Gasteiger partial charge in [-0.05, 0) is 70.3 Å². The third-order valence-electron chi connectivity index (χ3n) is 3.99. The molecular formula is C15H17Br. The first-order valence-corrected chi connectivity index (χ1v) is 7.13. The highest BCUT2D eigenvalue weighted by atomic mass is 79.9. The van der Waals surface area contributed by atoms with Gasteiger partial charge in [0.1, 0.15) is 0 Å². The van der Waals surface area contributed by atoms with Crippen LogP contribution in [-0.4, -0.2) is 0 Å². The van der Waals surface area contributed by atoms with Gasteiger partial charge in [-0.1, -0.05) is 25.1 Å². The van der Waals surface area contributed by atoms with Crippen molar-refractivity contribution >= 4 is 22.0 Å². The Bertz CT molecular complexity index is 457. The fourth-order valence-electron chi connectivity index (χ4n) is 3.04. The summed E-state index contributed by atoms with van der Waals surface area (Å²) in [6, 6.07) is 2.47. The van der Waals surface area contributed by atoms with Crippen LogP contribution in [-0.2, 0) is 12.8 Å². The summed E-state index contributed by atoms with van der Waals surface area (Å²) >= 11 is 3.82. The molecule has 0 saturated carbocycles. The molecule has 1 aromatic rings. The molecule has 0 heterocycles. The lowest BCUT2D eigenvalue weighted by atomic mass is 9.86. The van der Waals surface area contributed by atoms with E-state index in [4.69, 9.17) is 0 Å². The van der Waals surface area contributed by atoms with Gasteiger partial charge >= 0.3 is 0 Å². The van der Waals surface area contributed by atoms with E-state index in [9.17, 15) is 0 Å². The van der Waals surface area contributed by atoms with E-state index in [0.29, 0.717) is 5.92 Å². The van der Waals surface area contributed by atoms with Gasteiger partial charge in [0.25, 0.3) is 0 Å². The molecule has 16 heavy (non-hydrogen) atoms. The van der Waals surface area contributed by atoms with Crippen molar-refractivity contribution in [3.63, 3.8) is 0 Å². The third kappa shape index (κ3) is 1.48. The van der Waals surface area contributed by atoms with Gasteiger partial charge in [-0.2, -0.15) is 0 Å². The van der Waals surface area contributed by atoms with Crippen molar-refractivity contribution < 1.29 is 0 Å². The normalized spacial score (nSPS) is 22.0. The molecule has 0 radical (unpaired) electrons. The minimum absolute atomic E-state index is 0.651. The average Bonchev–Trinajstić information content (AvgIpc) is 2.72. The molecule has 0 aromatic heterocycles.